The van der Waals surface area contributed by atoms with E-state index in [4.69, 9.17) is 0 Å². The molecule has 0 unspecified atom stereocenters. The summed E-state index contributed by atoms with van der Waals surface area (Å²) >= 11 is 0. The Labute approximate surface area is 220 Å². The summed E-state index contributed by atoms with van der Waals surface area (Å²) in [5.41, 5.74) is -2.27. The van der Waals surface area contributed by atoms with Crippen LogP contribution in [0, 0.1) is 23.2 Å². The average Bonchev–Trinajstić information content (AvgIpc) is 2.79. The molecule has 3 atom stereocenters. The molecule has 2 aromatic carbocycles. The lowest BCUT2D eigenvalue weighted by atomic mass is 9.78. The van der Waals surface area contributed by atoms with Crippen LogP contribution in [0.1, 0.15) is 68.0 Å². The molecular formula is C28H27F8NO2. The van der Waals surface area contributed by atoms with E-state index in [9.17, 15) is 36.2 Å². The van der Waals surface area contributed by atoms with Crippen LogP contribution < -0.4 is 0 Å². The first kappa shape index (κ1) is 30.4. The van der Waals surface area contributed by atoms with E-state index in [1.807, 2.05) is 0 Å². The standard InChI is InChI=1S/C28H27F8NO2/c1-25(2,3)13-12-22(17-4-8-19(9-5-17)27(31,32)33)37-15-14-26(29,30)21(16-23(38)39)24(37)18-6-10-20(11-7-18)28(34,35)36/h4-11,21-22,24H,14-16H2,1-3H3,(H,38,39)/t21-,22-,24-/m1/s1. The van der Waals surface area contributed by atoms with Crippen molar-refractivity contribution in [3.8, 4) is 11.8 Å². The quantitative estimate of drug-likeness (QED) is 0.297. The lowest BCUT2D eigenvalue weighted by Gasteiger charge is -2.47. The maximum Gasteiger partial charge on any atom is 0.416 e. The van der Waals surface area contributed by atoms with Gasteiger partial charge in [-0.15, -0.1) is 0 Å². The molecule has 2 aromatic rings. The van der Waals surface area contributed by atoms with Crippen LogP contribution in [-0.2, 0) is 17.1 Å². The predicted octanol–water partition coefficient (Wildman–Crippen LogP) is 7.99. The first-order valence-corrected chi connectivity index (χ1v) is 12.0. The van der Waals surface area contributed by atoms with Crippen molar-refractivity contribution >= 4 is 5.97 Å². The van der Waals surface area contributed by atoms with Crippen molar-refractivity contribution in [3.05, 3.63) is 70.8 Å². The van der Waals surface area contributed by atoms with Crippen LogP contribution in [0.2, 0.25) is 0 Å². The van der Waals surface area contributed by atoms with Crippen LogP contribution in [0.15, 0.2) is 48.5 Å². The number of carboxylic acid groups (broad SMARTS) is 1. The lowest BCUT2D eigenvalue weighted by molar-refractivity contribution is -0.160. The Morgan fingerprint density at radius 3 is 1.87 bits per heavy atom. The zero-order valence-electron chi connectivity index (χ0n) is 21.3. The van der Waals surface area contributed by atoms with Gasteiger partial charge in [0, 0.05) is 24.4 Å². The first-order valence-electron chi connectivity index (χ1n) is 12.0. The monoisotopic (exact) mass is 561 g/mol. The fourth-order valence-electron chi connectivity index (χ4n) is 4.59. The minimum absolute atomic E-state index is 0.0168. The van der Waals surface area contributed by atoms with Crippen LogP contribution >= 0.6 is 0 Å². The summed E-state index contributed by atoms with van der Waals surface area (Å²) in [6.45, 7) is 4.98. The molecule has 0 aromatic heterocycles. The van der Waals surface area contributed by atoms with E-state index < -0.39 is 71.6 Å². The number of piperidine rings is 1. The molecule has 1 aliphatic rings. The zero-order valence-corrected chi connectivity index (χ0v) is 21.3. The highest BCUT2D eigenvalue weighted by molar-refractivity contribution is 5.67. The molecule has 11 heteroatoms. The Hall–Kier alpha value is -3.13. The van der Waals surface area contributed by atoms with Crippen LogP contribution in [-0.4, -0.2) is 28.4 Å². The number of alkyl halides is 8. The number of aliphatic carboxylic acids is 1. The van der Waals surface area contributed by atoms with Crippen LogP contribution in [0.3, 0.4) is 0 Å². The maximum atomic E-state index is 15.2. The van der Waals surface area contributed by atoms with Crippen molar-refractivity contribution in [2.45, 2.75) is 64.0 Å². The number of halogens is 8. The van der Waals surface area contributed by atoms with E-state index in [0.29, 0.717) is 0 Å². The second-order valence-electron chi connectivity index (χ2n) is 10.6. The molecule has 0 saturated carbocycles. The van der Waals surface area contributed by atoms with Gasteiger partial charge in [0.05, 0.1) is 29.5 Å². The van der Waals surface area contributed by atoms with E-state index in [1.165, 1.54) is 17.0 Å². The van der Waals surface area contributed by atoms with Gasteiger partial charge in [0.2, 0.25) is 0 Å². The number of rotatable bonds is 5. The van der Waals surface area contributed by atoms with E-state index >= 15 is 8.78 Å². The van der Waals surface area contributed by atoms with Crippen molar-refractivity contribution in [1.29, 1.82) is 0 Å². The number of likely N-dealkylation sites (tertiary alicyclic amines) is 1. The maximum absolute atomic E-state index is 15.2. The Morgan fingerprint density at radius 2 is 1.44 bits per heavy atom. The molecule has 1 saturated heterocycles. The molecule has 212 valence electrons. The average molecular weight is 562 g/mol. The summed E-state index contributed by atoms with van der Waals surface area (Å²) in [7, 11) is 0. The minimum atomic E-state index is -4.68. The first-order chi connectivity index (χ1) is 17.8. The molecule has 39 heavy (non-hydrogen) atoms. The van der Waals surface area contributed by atoms with Gasteiger partial charge in [-0.05, 0) is 56.2 Å². The number of carbonyl (C=O) groups is 1. The second kappa shape index (κ2) is 10.8. The van der Waals surface area contributed by atoms with Gasteiger partial charge in [0.25, 0.3) is 5.92 Å². The molecule has 1 fully saturated rings. The molecule has 1 N–H and O–H groups in total. The topological polar surface area (TPSA) is 40.5 Å². The van der Waals surface area contributed by atoms with Gasteiger partial charge >= 0.3 is 18.3 Å². The Morgan fingerprint density at radius 1 is 0.949 bits per heavy atom. The van der Waals surface area contributed by atoms with Gasteiger partial charge in [-0.1, -0.05) is 36.1 Å². The predicted molar refractivity (Wildman–Crippen MR) is 128 cm³/mol. The molecule has 3 rings (SSSR count). The van der Waals surface area contributed by atoms with Crippen molar-refractivity contribution in [2.75, 3.05) is 6.54 Å². The summed E-state index contributed by atoms with van der Waals surface area (Å²) in [6.07, 6.45) is -11.1. The number of benzene rings is 2. The molecule has 0 aliphatic carbocycles. The van der Waals surface area contributed by atoms with E-state index in [1.54, 1.807) is 20.8 Å². The van der Waals surface area contributed by atoms with Crippen LogP contribution in [0.5, 0.6) is 0 Å². The normalized spacial score (nSPS) is 21.1. The van der Waals surface area contributed by atoms with Crippen molar-refractivity contribution in [2.24, 2.45) is 11.3 Å². The van der Waals surface area contributed by atoms with Crippen LogP contribution in [0.25, 0.3) is 0 Å². The molecule has 0 radical (unpaired) electrons. The lowest BCUT2D eigenvalue weighted by Crippen LogP contribution is -2.51. The molecule has 1 heterocycles. The Balaban J connectivity index is 2.20. The summed E-state index contributed by atoms with van der Waals surface area (Å²) in [6, 6.07) is 5.08. The zero-order chi connectivity index (χ0) is 29.4. The molecular weight excluding hydrogens is 534 g/mol. The fraction of sp³-hybridized carbons (Fsp3) is 0.464. The van der Waals surface area contributed by atoms with Crippen molar-refractivity contribution in [1.82, 2.24) is 4.90 Å². The highest BCUT2D eigenvalue weighted by Crippen LogP contribution is 2.50. The van der Waals surface area contributed by atoms with E-state index in [2.05, 4.69) is 11.8 Å². The van der Waals surface area contributed by atoms with Gasteiger partial charge in [-0.25, -0.2) is 8.78 Å². The third kappa shape index (κ3) is 7.50. The van der Waals surface area contributed by atoms with Gasteiger partial charge in [-0.3, -0.25) is 9.69 Å². The highest BCUT2D eigenvalue weighted by Gasteiger charge is 2.52. The van der Waals surface area contributed by atoms with Gasteiger partial charge < -0.3 is 5.11 Å². The van der Waals surface area contributed by atoms with Crippen LogP contribution in [0.4, 0.5) is 35.1 Å². The number of hydrogen-bond donors (Lipinski definition) is 1. The largest absolute Gasteiger partial charge is 0.481 e. The third-order valence-electron chi connectivity index (χ3n) is 6.43. The molecule has 0 bridgehead atoms. The molecule has 0 amide bonds. The van der Waals surface area contributed by atoms with Crippen molar-refractivity contribution in [3.63, 3.8) is 0 Å². The Kier molecular flexibility index (Phi) is 8.42. The van der Waals surface area contributed by atoms with E-state index in [-0.39, 0.29) is 17.7 Å². The third-order valence-corrected chi connectivity index (χ3v) is 6.43. The number of nitrogens with zero attached hydrogens (tertiary/aromatic N) is 1. The SMILES string of the molecule is CC(C)(C)C#C[C@H](c1ccc(C(F)(F)F)cc1)N1CCC(F)(F)[C@H](CC(=O)O)[C@H]1c1ccc(C(F)(F)F)cc1. The fourth-order valence-corrected chi connectivity index (χ4v) is 4.59. The minimum Gasteiger partial charge on any atom is -0.481 e. The van der Waals surface area contributed by atoms with Gasteiger partial charge in [-0.2, -0.15) is 26.3 Å². The highest BCUT2D eigenvalue weighted by atomic mass is 19.4. The molecule has 0 spiro atoms. The molecule has 1 aliphatic heterocycles. The summed E-state index contributed by atoms with van der Waals surface area (Å²) in [5.74, 6) is -0.907. The number of hydrogen-bond acceptors (Lipinski definition) is 2. The van der Waals surface area contributed by atoms with Gasteiger partial charge in [0.1, 0.15) is 0 Å². The number of carboxylic acids is 1. The smallest absolute Gasteiger partial charge is 0.416 e. The van der Waals surface area contributed by atoms with Gasteiger partial charge in [0.15, 0.2) is 0 Å². The summed E-state index contributed by atoms with van der Waals surface area (Å²) in [4.78, 5) is 13.1. The second-order valence-corrected chi connectivity index (χ2v) is 10.6. The Bertz CT molecular complexity index is 1220. The summed E-state index contributed by atoms with van der Waals surface area (Å²) in [5, 5.41) is 9.44. The molecule has 3 nitrogen and oxygen atoms in total. The van der Waals surface area contributed by atoms with E-state index in [0.717, 1.165) is 36.4 Å². The van der Waals surface area contributed by atoms with Crippen molar-refractivity contribution < 1.29 is 45.0 Å². The summed E-state index contributed by atoms with van der Waals surface area (Å²) < 4.78 is 109.